The lowest BCUT2D eigenvalue weighted by atomic mass is 10.0. The summed E-state index contributed by atoms with van der Waals surface area (Å²) in [4.78, 5) is 42.6. The van der Waals surface area contributed by atoms with Crippen molar-refractivity contribution < 1.29 is 14.5 Å². The van der Waals surface area contributed by atoms with Crippen LogP contribution in [0, 0.1) is 10.1 Å². The van der Waals surface area contributed by atoms with E-state index in [2.05, 4.69) is 20.7 Å². The van der Waals surface area contributed by atoms with Gasteiger partial charge in [-0.1, -0.05) is 6.07 Å². The monoisotopic (exact) mass is 477 g/mol. The molecule has 182 valence electrons. The number of nitrogens with one attached hydrogen (secondary N) is 2. The van der Waals surface area contributed by atoms with E-state index >= 15 is 0 Å². The van der Waals surface area contributed by atoms with E-state index in [0.717, 1.165) is 5.69 Å². The van der Waals surface area contributed by atoms with Crippen LogP contribution in [0.25, 0.3) is 0 Å². The SMILES string of the molecule is CC(Nc1ccc(C(=O)N2CCC(NC(=O)c3cnn(C)c3)CC2)cc1[N+](=O)[O-])c1ccccn1. The number of amides is 2. The number of hydrogen-bond acceptors (Lipinski definition) is 7. The quantitative estimate of drug-likeness (QED) is 0.394. The van der Waals surface area contributed by atoms with Crippen LogP contribution in [0.15, 0.2) is 55.0 Å². The summed E-state index contributed by atoms with van der Waals surface area (Å²) in [6.45, 7) is 2.75. The smallest absolute Gasteiger partial charge is 0.293 e. The Morgan fingerprint density at radius 3 is 2.57 bits per heavy atom. The van der Waals surface area contributed by atoms with E-state index in [1.807, 2.05) is 19.1 Å². The van der Waals surface area contributed by atoms with Crippen LogP contribution in [0.3, 0.4) is 0 Å². The molecule has 1 atom stereocenters. The number of benzene rings is 1. The number of aromatic nitrogens is 3. The third-order valence-corrected chi connectivity index (χ3v) is 6.03. The maximum atomic E-state index is 13.1. The molecule has 3 heterocycles. The first kappa shape index (κ1) is 23.9. The molecule has 0 bridgehead atoms. The van der Waals surface area contributed by atoms with Crippen molar-refractivity contribution in [2.24, 2.45) is 7.05 Å². The molecule has 1 unspecified atom stereocenters. The maximum absolute atomic E-state index is 13.1. The molecule has 0 radical (unpaired) electrons. The summed E-state index contributed by atoms with van der Waals surface area (Å²) in [7, 11) is 1.74. The standard InChI is InChI=1S/C24H27N7O4/c1-16(20-5-3-4-10-25-20)27-21-7-6-17(13-22(21)31(34)35)24(33)30-11-8-19(9-12-30)28-23(32)18-14-26-29(2)15-18/h3-7,10,13-16,19,27H,8-9,11-12H2,1-2H3,(H,28,32). The molecule has 4 rings (SSSR count). The second-order valence-electron chi connectivity index (χ2n) is 8.55. The van der Waals surface area contributed by atoms with Gasteiger partial charge >= 0.3 is 0 Å². The predicted octanol–water partition coefficient (Wildman–Crippen LogP) is 2.93. The van der Waals surface area contributed by atoms with Crippen molar-refractivity contribution in [3.8, 4) is 0 Å². The molecule has 0 saturated carbocycles. The minimum Gasteiger partial charge on any atom is -0.371 e. The molecule has 2 amide bonds. The van der Waals surface area contributed by atoms with Gasteiger partial charge in [-0.15, -0.1) is 0 Å². The van der Waals surface area contributed by atoms with Crippen molar-refractivity contribution in [1.29, 1.82) is 0 Å². The number of nitro benzene ring substituents is 1. The van der Waals surface area contributed by atoms with Gasteiger partial charge in [-0.25, -0.2) is 0 Å². The molecular weight excluding hydrogens is 450 g/mol. The zero-order valence-electron chi connectivity index (χ0n) is 19.5. The lowest BCUT2D eigenvalue weighted by Gasteiger charge is -2.32. The van der Waals surface area contributed by atoms with Crippen LogP contribution in [0.4, 0.5) is 11.4 Å². The van der Waals surface area contributed by atoms with Gasteiger partial charge in [-0.3, -0.25) is 29.4 Å². The van der Waals surface area contributed by atoms with Gasteiger partial charge in [-0.05, 0) is 44.0 Å². The number of carbonyl (C=O) groups is 2. The number of piperidine rings is 1. The number of pyridine rings is 1. The van der Waals surface area contributed by atoms with Crippen LogP contribution >= 0.6 is 0 Å². The average Bonchev–Trinajstić information content (AvgIpc) is 3.31. The Labute approximate surface area is 202 Å². The van der Waals surface area contributed by atoms with Gasteiger partial charge in [0.25, 0.3) is 17.5 Å². The van der Waals surface area contributed by atoms with Gasteiger partial charge < -0.3 is 15.5 Å². The van der Waals surface area contributed by atoms with E-state index in [9.17, 15) is 19.7 Å². The van der Waals surface area contributed by atoms with E-state index in [0.29, 0.717) is 37.2 Å². The summed E-state index contributed by atoms with van der Waals surface area (Å²) < 4.78 is 1.56. The highest BCUT2D eigenvalue weighted by Crippen LogP contribution is 2.29. The van der Waals surface area contributed by atoms with Gasteiger partial charge in [0.1, 0.15) is 5.69 Å². The van der Waals surface area contributed by atoms with Crippen LogP contribution in [-0.2, 0) is 7.05 Å². The van der Waals surface area contributed by atoms with E-state index < -0.39 is 4.92 Å². The molecule has 11 heteroatoms. The number of rotatable bonds is 7. The Kier molecular flexibility index (Phi) is 7.04. The highest BCUT2D eigenvalue weighted by atomic mass is 16.6. The van der Waals surface area contributed by atoms with Gasteiger partial charge in [0.2, 0.25) is 0 Å². The Hall–Kier alpha value is -4.28. The number of carbonyl (C=O) groups excluding carboxylic acids is 2. The van der Waals surface area contributed by atoms with E-state index in [1.54, 1.807) is 47.2 Å². The third kappa shape index (κ3) is 5.62. The number of hydrogen-bond donors (Lipinski definition) is 2. The second-order valence-corrected chi connectivity index (χ2v) is 8.55. The van der Waals surface area contributed by atoms with Crippen molar-refractivity contribution in [3.05, 3.63) is 81.9 Å². The normalized spacial score (nSPS) is 14.9. The van der Waals surface area contributed by atoms with Gasteiger partial charge in [0, 0.05) is 50.2 Å². The first-order chi connectivity index (χ1) is 16.8. The third-order valence-electron chi connectivity index (χ3n) is 6.03. The minimum atomic E-state index is -0.496. The Morgan fingerprint density at radius 2 is 1.94 bits per heavy atom. The fourth-order valence-electron chi connectivity index (χ4n) is 4.09. The number of nitro groups is 1. The van der Waals surface area contributed by atoms with Crippen LogP contribution in [-0.4, -0.2) is 55.5 Å². The molecule has 1 saturated heterocycles. The molecule has 1 fully saturated rings. The summed E-state index contributed by atoms with van der Waals surface area (Å²) in [6.07, 6.45) is 6.02. The zero-order valence-corrected chi connectivity index (χ0v) is 19.5. The molecule has 3 aromatic rings. The summed E-state index contributed by atoms with van der Waals surface area (Å²) in [5.74, 6) is -0.462. The summed E-state index contributed by atoms with van der Waals surface area (Å²) in [5.41, 5.74) is 1.65. The van der Waals surface area contributed by atoms with Gasteiger partial charge in [-0.2, -0.15) is 5.10 Å². The van der Waals surface area contributed by atoms with Crippen molar-refractivity contribution in [1.82, 2.24) is 25.0 Å². The van der Waals surface area contributed by atoms with Crippen molar-refractivity contribution in [3.63, 3.8) is 0 Å². The van der Waals surface area contributed by atoms with Crippen LogP contribution in [0.5, 0.6) is 0 Å². The van der Waals surface area contributed by atoms with Crippen molar-refractivity contribution >= 4 is 23.2 Å². The van der Waals surface area contributed by atoms with Crippen molar-refractivity contribution in [2.45, 2.75) is 31.8 Å². The number of nitrogens with zero attached hydrogens (tertiary/aromatic N) is 5. The molecule has 11 nitrogen and oxygen atoms in total. The lowest BCUT2D eigenvalue weighted by molar-refractivity contribution is -0.384. The van der Waals surface area contributed by atoms with Crippen LogP contribution < -0.4 is 10.6 Å². The first-order valence-electron chi connectivity index (χ1n) is 11.4. The fraction of sp³-hybridized carbons (Fsp3) is 0.333. The molecule has 1 aromatic carbocycles. The molecule has 1 aliphatic rings. The van der Waals surface area contributed by atoms with Gasteiger partial charge in [0.05, 0.1) is 28.4 Å². The highest BCUT2D eigenvalue weighted by Gasteiger charge is 2.27. The Morgan fingerprint density at radius 1 is 1.17 bits per heavy atom. The minimum absolute atomic E-state index is 0.0549. The highest BCUT2D eigenvalue weighted by molar-refractivity contribution is 5.96. The summed E-state index contributed by atoms with van der Waals surface area (Å²) >= 11 is 0. The molecule has 2 N–H and O–H groups in total. The Bertz CT molecular complexity index is 1220. The van der Waals surface area contributed by atoms with E-state index in [-0.39, 0.29) is 35.1 Å². The van der Waals surface area contributed by atoms with E-state index in [1.165, 1.54) is 12.3 Å². The number of anilines is 1. The summed E-state index contributed by atoms with van der Waals surface area (Å²) in [6, 6.07) is 9.65. The maximum Gasteiger partial charge on any atom is 0.293 e. The molecule has 2 aromatic heterocycles. The fourth-order valence-corrected chi connectivity index (χ4v) is 4.09. The average molecular weight is 478 g/mol. The van der Waals surface area contributed by atoms with Crippen molar-refractivity contribution in [2.75, 3.05) is 18.4 Å². The largest absolute Gasteiger partial charge is 0.371 e. The Balaban J connectivity index is 1.39. The first-order valence-corrected chi connectivity index (χ1v) is 11.4. The predicted molar refractivity (Wildman–Crippen MR) is 129 cm³/mol. The van der Waals surface area contributed by atoms with Crippen LogP contribution in [0.1, 0.15) is 52.2 Å². The molecule has 1 aliphatic heterocycles. The molecule has 0 aliphatic carbocycles. The lowest BCUT2D eigenvalue weighted by Crippen LogP contribution is -2.46. The molecule has 0 spiro atoms. The number of likely N-dealkylation sites (tertiary alicyclic amines) is 1. The summed E-state index contributed by atoms with van der Waals surface area (Å²) in [5, 5.41) is 21.8. The number of aryl methyl sites for hydroxylation is 1. The van der Waals surface area contributed by atoms with Crippen LogP contribution in [0.2, 0.25) is 0 Å². The molecule has 35 heavy (non-hydrogen) atoms. The van der Waals surface area contributed by atoms with Gasteiger partial charge in [0.15, 0.2) is 0 Å². The molecular formula is C24H27N7O4. The van der Waals surface area contributed by atoms with E-state index in [4.69, 9.17) is 0 Å². The topological polar surface area (TPSA) is 135 Å². The zero-order chi connectivity index (χ0) is 24.9. The second kappa shape index (κ2) is 10.3.